The molecule has 0 aliphatic rings. The molecule has 4 heteroatoms. The van der Waals surface area contributed by atoms with Gasteiger partial charge in [0.15, 0.2) is 0 Å². The van der Waals surface area contributed by atoms with Crippen molar-refractivity contribution in [2.75, 3.05) is 20.3 Å². The van der Waals surface area contributed by atoms with Gasteiger partial charge in [-0.15, -0.1) is 6.42 Å². The van der Waals surface area contributed by atoms with Gasteiger partial charge in [-0.1, -0.05) is 36.3 Å². The summed E-state index contributed by atoms with van der Waals surface area (Å²) in [5, 5.41) is 13.4. The highest BCUT2D eigenvalue weighted by molar-refractivity contribution is 5.33. The van der Waals surface area contributed by atoms with Crippen LogP contribution in [0.3, 0.4) is 0 Å². The molecule has 2 N–H and O–H groups in total. The first-order valence-electron chi connectivity index (χ1n) is 7.41. The van der Waals surface area contributed by atoms with Crippen LogP contribution in [0.5, 0.6) is 11.5 Å². The highest BCUT2D eigenvalue weighted by Crippen LogP contribution is 2.19. The van der Waals surface area contributed by atoms with E-state index in [9.17, 15) is 5.11 Å². The molecule has 0 saturated carbocycles. The van der Waals surface area contributed by atoms with Crippen LogP contribution < -0.4 is 14.8 Å². The van der Waals surface area contributed by atoms with Crippen molar-refractivity contribution < 1.29 is 14.6 Å². The fraction of sp³-hybridized carbons (Fsp3) is 0.263. The van der Waals surface area contributed by atoms with E-state index in [1.807, 2.05) is 48.5 Å². The molecule has 23 heavy (non-hydrogen) atoms. The molecule has 0 aliphatic heterocycles. The average molecular weight is 311 g/mol. The summed E-state index contributed by atoms with van der Waals surface area (Å²) < 4.78 is 10.6. The van der Waals surface area contributed by atoms with Crippen molar-refractivity contribution in [3.05, 3.63) is 59.7 Å². The van der Waals surface area contributed by atoms with Crippen LogP contribution in [0.1, 0.15) is 17.2 Å². The predicted octanol–water partition coefficient (Wildman–Crippen LogP) is 2.53. The first kappa shape index (κ1) is 16.9. The fourth-order valence-corrected chi connectivity index (χ4v) is 2.20. The van der Waals surface area contributed by atoms with Gasteiger partial charge in [-0.05, 0) is 23.8 Å². The lowest BCUT2D eigenvalue weighted by atomic mass is 10.1. The molecule has 1 atom stereocenters. The third-order valence-corrected chi connectivity index (χ3v) is 3.44. The summed E-state index contributed by atoms with van der Waals surface area (Å²) in [5.74, 6) is 3.99. The number of aliphatic hydroxyl groups excluding tert-OH is 1. The van der Waals surface area contributed by atoms with Crippen molar-refractivity contribution >= 4 is 0 Å². The lowest BCUT2D eigenvalue weighted by Gasteiger charge is -2.14. The summed E-state index contributed by atoms with van der Waals surface area (Å²) in [7, 11) is 1.62. The zero-order chi connectivity index (χ0) is 16.5. The topological polar surface area (TPSA) is 50.7 Å². The summed E-state index contributed by atoms with van der Waals surface area (Å²) in [6, 6.07) is 15.1. The molecule has 0 aromatic heterocycles. The van der Waals surface area contributed by atoms with Crippen LogP contribution in [0.25, 0.3) is 0 Å². The second kappa shape index (κ2) is 8.84. The largest absolute Gasteiger partial charge is 0.497 e. The number of nitrogens with one attached hydrogen (secondary N) is 1. The highest BCUT2D eigenvalue weighted by atomic mass is 16.5. The Morgan fingerprint density at radius 2 is 1.91 bits per heavy atom. The van der Waals surface area contributed by atoms with E-state index in [4.69, 9.17) is 15.9 Å². The van der Waals surface area contributed by atoms with Crippen LogP contribution in [0.4, 0.5) is 0 Å². The molecular formula is C19H21NO3. The molecular weight excluding hydrogens is 290 g/mol. The molecule has 0 bridgehead atoms. The molecule has 4 nitrogen and oxygen atoms in total. The first-order valence-corrected chi connectivity index (χ1v) is 7.41. The maximum atomic E-state index is 10.2. The number of hydrogen-bond donors (Lipinski definition) is 2. The number of para-hydroxylation sites is 1. The van der Waals surface area contributed by atoms with Gasteiger partial charge in [0.25, 0.3) is 0 Å². The SMILES string of the molecule is C#CCOc1ccccc1CNCC(O)c1ccc(OC)cc1. The van der Waals surface area contributed by atoms with E-state index in [0.29, 0.717) is 13.1 Å². The number of hydrogen-bond acceptors (Lipinski definition) is 4. The average Bonchev–Trinajstić information content (AvgIpc) is 2.61. The first-order chi connectivity index (χ1) is 11.2. The molecule has 0 aliphatic carbocycles. The van der Waals surface area contributed by atoms with Crippen molar-refractivity contribution in [3.8, 4) is 23.8 Å². The molecule has 1 unspecified atom stereocenters. The minimum atomic E-state index is -0.584. The minimum Gasteiger partial charge on any atom is -0.497 e. The maximum absolute atomic E-state index is 10.2. The molecule has 2 aromatic carbocycles. The second-order valence-corrected chi connectivity index (χ2v) is 5.02. The van der Waals surface area contributed by atoms with Crippen molar-refractivity contribution in [1.82, 2.24) is 5.32 Å². The van der Waals surface area contributed by atoms with E-state index in [2.05, 4.69) is 11.2 Å². The van der Waals surface area contributed by atoms with Gasteiger partial charge in [0.05, 0.1) is 13.2 Å². The minimum absolute atomic E-state index is 0.242. The van der Waals surface area contributed by atoms with Crippen LogP contribution in [-0.2, 0) is 6.54 Å². The molecule has 0 heterocycles. The Morgan fingerprint density at radius 3 is 2.61 bits per heavy atom. The molecule has 120 valence electrons. The van der Waals surface area contributed by atoms with E-state index in [1.165, 1.54) is 0 Å². The summed E-state index contributed by atoms with van der Waals surface area (Å²) >= 11 is 0. The van der Waals surface area contributed by atoms with Crippen LogP contribution in [0, 0.1) is 12.3 Å². The standard InChI is InChI=1S/C19H21NO3/c1-3-12-23-19-7-5-4-6-16(19)13-20-14-18(21)15-8-10-17(22-2)11-9-15/h1,4-11,18,20-21H,12-14H2,2H3. The molecule has 0 radical (unpaired) electrons. The van der Waals surface area contributed by atoms with Crippen molar-refractivity contribution in [3.63, 3.8) is 0 Å². The monoisotopic (exact) mass is 311 g/mol. The molecule has 0 saturated heterocycles. The second-order valence-electron chi connectivity index (χ2n) is 5.02. The Hall–Kier alpha value is -2.48. The van der Waals surface area contributed by atoms with Gasteiger partial charge in [-0.3, -0.25) is 0 Å². The van der Waals surface area contributed by atoms with E-state index in [-0.39, 0.29) is 6.61 Å². The number of aliphatic hydroxyl groups is 1. The lowest BCUT2D eigenvalue weighted by molar-refractivity contribution is 0.174. The zero-order valence-corrected chi connectivity index (χ0v) is 13.2. The Balaban J connectivity index is 1.88. The lowest BCUT2D eigenvalue weighted by Crippen LogP contribution is -2.21. The Bertz CT molecular complexity index is 646. The number of methoxy groups -OCH3 is 1. The highest BCUT2D eigenvalue weighted by Gasteiger charge is 2.08. The molecule has 2 rings (SSSR count). The van der Waals surface area contributed by atoms with Crippen LogP contribution >= 0.6 is 0 Å². The molecule has 2 aromatic rings. The summed E-state index contributed by atoms with van der Waals surface area (Å²) in [5.41, 5.74) is 1.85. The van der Waals surface area contributed by atoms with Gasteiger partial charge in [0.1, 0.15) is 18.1 Å². The van der Waals surface area contributed by atoms with Crippen molar-refractivity contribution in [1.29, 1.82) is 0 Å². The molecule has 0 spiro atoms. The number of ether oxygens (including phenoxy) is 2. The quantitative estimate of drug-likeness (QED) is 0.736. The smallest absolute Gasteiger partial charge is 0.148 e. The summed E-state index contributed by atoms with van der Waals surface area (Å²) in [6.45, 7) is 1.27. The van der Waals surface area contributed by atoms with E-state index >= 15 is 0 Å². The van der Waals surface area contributed by atoms with E-state index in [0.717, 1.165) is 22.6 Å². The Kier molecular flexibility index (Phi) is 6.49. The van der Waals surface area contributed by atoms with Crippen molar-refractivity contribution in [2.24, 2.45) is 0 Å². The van der Waals surface area contributed by atoms with Crippen LogP contribution in [0.2, 0.25) is 0 Å². The molecule has 0 fully saturated rings. The molecule has 0 amide bonds. The zero-order valence-electron chi connectivity index (χ0n) is 13.2. The summed E-state index contributed by atoms with van der Waals surface area (Å²) in [6.07, 6.45) is 4.64. The number of rotatable bonds is 8. The third-order valence-electron chi connectivity index (χ3n) is 3.44. The van der Waals surface area contributed by atoms with E-state index < -0.39 is 6.10 Å². The van der Waals surface area contributed by atoms with E-state index in [1.54, 1.807) is 7.11 Å². The normalized spacial score (nSPS) is 11.5. The summed E-state index contributed by atoms with van der Waals surface area (Å²) in [4.78, 5) is 0. The Labute approximate surface area is 137 Å². The van der Waals surface area contributed by atoms with Gasteiger partial charge in [0.2, 0.25) is 0 Å². The Morgan fingerprint density at radius 1 is 1.17 bits per heavy atom. The van der Waals surface area contributed by atoms with Crippen LogP contribution in [-0.4, -0.2) is 25.4 Å². The fourth-order valence-electron chi connectivity index (χ4n) is 2.20. The van der Waals surface area contributed by atoms with Crippen LogP contribution in [0.15, 0.2) is 48.5 Å². The van der Waals surface area contributed by atoms with Gasteiger partial charge in [-0.2, -0.15) is 0 Å². The third kappa shape index (κ3) is 5.03. The number of benzene rings is 2. The van der Waals surface area contributed by atoms with Gasteiger partial charge in [-0.25, -0.2) is 0 Å². The predicted molar refractivity (Wildman–Crippen MR) is 90.4 cm³/mol. The maximum Gasteiger partial charge on any atom is 0.148 e. The van der Waals surface area contributed by atoms with Gasteiger partial charge < -0.3 is 19.9 Å². The van der Waals surface area contributed by atoms with Crippen molar-refractivity contribution in [2.45, 2.75) is 12.6 Å². The number of terminal acetylenes is 1. The van der Waals surface area contributed by atoms with Gasteiger partial charge in [0, 0.05) is 18.7 Å². The van der Waals surface area contributed by atoms with Gasteiger partial charge >= 0.3 is 0 Å².